The minimum absolute atomic E-state index is 0.957. The van der Waals surface area contributed by atoms with Crippen LogP contribution in [0, 0.1) is 0 Å². The molecule has 0 aliphatic carbocycles. The average Bonchev–Trinajstić information content (AvgIpc) is 2.77. The van der Waals surface area contributed by atoms with Crippen molar-refractivity contribution in [3.8, 4) is 0 Å². The van der Waals surface area contributed by atoms with Gasteiger partial charge in [0.15, 0.2) is 0 Å². The normalized spacial score (nSPS) is 16.8. The Balaban J connectivity index is 1.64. The highest BCUT2D eigenvalue weighted by Crippen LogP contribution is 2.27. The minimum Gasteiger partial charge on any atom is -0.368 e. The van der Waals surface area contributed by atoms with Gasteiger partial charge in [-0.1, -0.05) is 40.9 Å². The second-order valence-corrected chi connectivity index (χ2v) is 6.53. The summed E-state index contributed by atoms with van der Waals surface area (Å²) in [6, 6.07) is 8.32. The van der Waals surface area contributed by atoms with Crippen LogP contribution in [0.15, 0.2) is 34.9 Å². The molecule has 0 bridgehead atoms. The number of fused-ring (bicyclic) bond motifs is 1. The van der Waals surface area contributed by atoms with Crippen LogP contribution in [-0.2, 0) is 0 Å². The number of hydrogen-bond acceptors (Lipinski definition) is 3. The number of rotatable bonds is 4. The zero-order valence-electron chi connectivity index (χ0n) is 12.3. The van der Waals surface area contributed by atoms with Gasteiger partial charge < -0.3 is 10.2 Å². The number of nitrogens with one attached hydrogen (secondary N) is 1. The summed E-state index contributed by atoms with van der Waals surface area (Å²) in [6.45, 7) is 4.55. The van der Waals surface area contributed by atoms with Crippen molar-refractivity contribution < 1.29 is 0 Å². The Morgan fingerprint density at radius 3 is 2.67 bits per heavy atom. The number of halogens is 1. The molecular weight excluding hydrogens is 326 g/mol. The van der Waals surface area contributed by atoms with E-state index in [9.17, 15) is 0 Å². The molecule has 1 aliphatic rings. The number of benzene rings is 1. The molecule has 1 saturated heterocycles. The number of hydrogen-bond donors (Lipinski definition) is 1. The summed E-state index contributed by atoms with van der Waals surface area (Å²) < 4.78 is 1.12. The van der Waals surface area contributed by atoms with Crippen LogP contribution in [0.3, 0.4) is 0 Å². The highest BCUT2D eigenvalue weighted by atomic mass is 79.9. The Morgan fingerprint density at radius 2 is 1.86 bits per heavy atom. The van der Waals surface area contributed by atoms with Gasteiger partial charge in [-0.2, -0.15) is 0 Å². The standard InChI is InChI=1S/C17H22BrN3/c18-16-7-5-6-15-14(16)8-9-19-17(15)20-10-13-21-11-3-1-2-4-12-21/h5-9H,1-4,10-13H2,(H,19,20). The van der Waals surface area contributed by atoms with Crippen LogP contribution in [0.5, 0.6) is 0 Å². The van der Waals surface area contributed by atoms with E-state index in [1.54, 1.807) is 0 Å². The van der Waals surface area contributed by atoms with Crippen LogP contribution in [0.1, 0.15) is 25.7 Å². The Bertz CT molecular complexity index is 592. The first-order chi connectivity index (χ1) is 10.3. The summed E-state index contributed by atoms with van der Waals surface area (Å²) >= 11 is 3.61. The maximum Gasteiger partial charge on any atom is 0.133 e. The molecule has 0 spiro atoms. The quantitative estimate of drug-likeness (QED) is 0.894. The van der Waals surface area contributed by atoms with Crippen LogP contribution in [0.25, 0.3) is 10.8 Å². The first-order valence-electron chi connectivity index (χ1n) is 7.84. The van der Waals surface area contributed by atoms with Gasteiger partial charge >= 0.3 is 0 Å². The van der Waals surface area contributed by atoms with E-state index in [0.29, 0.717) is 0 Å². The van der Waals surface area contributed by atoms with Crippen molar-refractivity contribution in [1.29, 1.82) is 0 Å². The molecule has 0 radical (unpaired) electrons. The van der Waals surface area contributed by atoms with Crippen molar-refractivity contribution in [2.45, 2.75) is 25.7 Å². The molecule has 1 fully saturated rings. The van der Waals surface area contributed by atoms with Crippen LogP contribution >= 0.6 is 15.9 Å². The fourth-order valence-corrected chi connectivity index (χ4v) is 3.50. The predicted molar refractivity (Wildman–Crippen MR) is 92.8 cm³/mol. The zero-order chi connectivity index (χ0) is 14.5. The van der Waals surface area contributed by atoms with Crippen molar-refractivity contribution in [2.75, 3.05) is 31.5 Å². The van der Waals surface area contributed by atoms with Crippen LogP contribution in [0.4, 0.5) is 5.82 Å². The third-order valence-corrected chi connectivity index (χ3v) is 4.86. The van der Waals surface area contributed by atoms with Crippen molar-refractivity contribution in [3.63, 3.8) is 0 Å². The van der Waals surface area contributed by atoms with Gasteiger partial charge in [0, 0.05) is 34.5 Å². The van der Waals surface area contributed by atoms with E-state index in [1.165, 1.54) is 49.5 Å². The Morgan fingerprint density at radius 1 is 1.05 bits per heavy atom. The molecule has 4 heteroatoms. The minimum atomic E-state index is 0.957. The molecule has 1 N–H and O–H groups in total. The van der Waals surface area contributed by atoms with E-state index in [1.807, 2.05) is 6.20 Å². The predicted octanol–water partition coefficient (Wildman–Crippen LogP) is 4.29. The fourth-order valence-electron chi connectivity index (χ4n) is 3.00. The van der Waals surface area contributed by atoms with E-state index in [0.717, 1.165) is 23.4 Å². The average molecular weight is 348 g/mol. The molecule has 3 rings (SSSR count). The third-order valence-electron chi connectivity index (χ3n) is 4.17. The maximum atomic E-state index is 4.50. The van der Waals surface area contributed by atoms with Crippen LogP contribution in [-0.4, -0.2) is 36.1 Å². The fraction of sp³-hybridized carbons (Fsp3) is 0.471. The van der Waals surface area contributed by atoms with Crippen molar-refractivity contribution in [2.24, 2.45) is 0 Å². The third kappa shape index (κ3) is 3.74. The molecule has 2 heterocycles. The first-order valence-corrected chi connectivity index (χ1v) is 8.63. The van der Waals surface area contributed by atoms with Gasteiger partial charge in [-0.3, -0.25) is 0 Å². The summed E-state index contributed by atoms with van der Waals surface area (Å²) in [4.78, 5) is 7.07. The first kappa shape index (κ1) is 14.8. The molecule has 0 unspecified atom stereocenters. The SMILES string of the molecule is Brc1cccc2c(NCCN3CCCCCC3)nccc12. The molecular formula is C17H22BrN3. The van der Waals surface area contributed by atoms with Crippen molar-refractivity contribution in [3.05, 3.63) is 34.9 Å². The monoisotopic (exact) mass is 347 g/mol. The molecule has 1 aromatic carbocycles. The lowest BCUT2D eigenvalue weighted by Crippen LogP contribution is -2.30. The Kier molecular flexibility index (Phi) is 5.09. The number of aromatic nitrogens is 1. The van der Waals surface area contributed by atoms with Crippen molar-refractivity contribution in [1.82, 2.24) is 9.88 Å². The Labute approximate surface area is 134 Å². The van der Waals surface area contributed by atoms with Crippen LogP contribution < -0.4 is 5.32 Å². The highest BCUT2D eigenvalue weighted by Gasteiger charge is 2.09. The lowest BCUT2D eigenvalue weighted by Gasteiger charge is -2.20. The van der Waals surface area contributed by atoms with E-state index >= 15 is 0 Å². The largest absolute Gasteiger partial charge is 0.368 e. The van der Waals surface area contributed by atoms with Gasteiger partial charge in [0.05, 0.1) is 0 Å². The van der Waals surface area contributed by atoms with Gasteiger partial charge in [0.25, 0.3) is 0 Å². The summed E-state index contributed by atoms with van der Waals surface area (Å²) in [5.41, 5.74) is 0. The second kappa shape index (κ2) is 7.23. The van der Waals surface area contributed by atoms with Gasteiger partial charge in [-0.15, -0.1) is 0 Å². The Hall–Kier alpha value is -1.13. The molecule has 0 saturated carbocycles. The van der Waals surface area contributed by atoms with Crippen LogP contribution in [0.2, 0.25) is 0 Å². The molecule has 0 amide bonds. The topological polar surface area (TPSA) is 28.2 Å². The lowest BCUT2D eigenvalue weighted by molar-refractivity contribution is 0.296. The summed E-state index contributed by atoms with van der Waals surface area (Å²) in [5, 5.41) is 5.90. The molecule has 2 aromatic rings. The lowest BCUT2D eigenvalue weighted by atomic mass is 10.1. The number of pyridine rings is 1. The van der Waals surface area contributed by atoms with E-state index in [4.69, 9.17) is 0 Å². The number of likely N-dealkylation sites (tertiary alicyclic amines) is 1. The molecule has 112 valence electrons. The summed E-state index contributed by atoms with van der Waals surface area (Å²) in [7, 11) is 0. The molecule has 21 heavy (non-hydrogen) atoms. The van der Waals surface area contributed by atoms with E-state index < -0.39 is 0 Å². The maximum absolute atomic E-state index is 4.50. The van der Waals surface area contributed by atoms with Crippen molar-refractivity contribution >= 4 is 32.5 Å². The molecule has 1 aliphatic heterocycles. The summed E-state index contributed by atoms with van der Waals surface area (Å²) in [6.07, 6.45) is 7.35. The highest BCUT2D eigenvalue weighted by molar-refractivity contribution is 9.10. The number of anilines is 1. The smallest absolute Gasteiger partial charge is 0.133 e. The van der Waals surface area contributed by atoms with Gasteiger partial charge in [-0.25, -0.2) is 4.98 Å². The van der Waals surface area contributed by atoms with E-state index in [-0.39, 0.29) is 0 Å². The van der Waals surface area contributed by atoms with Gasteiger partial charge in [0.2, 0.25) is 0 Å². The molecule has 1 aromatic heterocycles. The van der Waals surface area contributed by atoms with E-state index in [2.05, 4.69) is 55.4 Å². The van der Waals surface area contributed by atoms with Gasteiger partial charge in [0.1, 0.15) is 5.82 Å². The molecule has 3 nitrogen and oxygen atoms in total. The van der Waals surface area contributed by atoms with Gasteiger partial charge in [-0.05, 0) is 38.1 Å². The zero-order valence-corrected chi connectivity index (χ0v) is 13.9. The summed E-state index contributed by atoms with van der Waals surface area (Å²) in [5.74, 6) is 0.989. The second-order valence-electron chi connectivity index (χ2n) is 5.68. The molecule has 0 atom stereocenters. The number of nitrogens with zero attached hydrogens (tertiary/aromatic N) is 2.